The molecule has 0 atom stereocenters. The highest BCUT2D eigenvalue weighted by molar-refractivity contribution is 5.97. The van der Waals surface area contributed by atoms with Crippen molar-refractivity contribution < 1.29 is 14.6 Å². The van der Waals surface area contributed by atoms with E-state index in [-0.39, 0.29) is 18.0 Å². The van der Waals surface area contributed by atoms with Gasteiger partial charge in [0.05, 0.1) is 23.9 Å². The van der Waals surface area contributed by atoms with E-state index in [0.29, 0.717) is 17.1 Å². The smallest absolute Gasteiger partial charge is 0.335 e. The molecule has 6 nitrogen and oxygen atoms in total. The Kier molecular flexibility index (Phi) is 4.98. The first-order valence-electron chi connectivity index (χ1n) is 6.57. The van der Waals surface area contributed by atoms with Gasteiger partial charge in [0, 0.05) is 5.39 Å². The van der Waals surface area contributed by atoms with Gasteiger partial charge in [0.2, 0.25) is 0 Å². The average Bonchev–Trinajstić information content (AvgIpc) is 2.55. The predicted molar refractivity (Wildman–Crippen MR) is 90.0 cm³/mol. The molecule has 0 saturated carbocycles. The third-order valence-corrected chi connectivity index (χ3v) is 3.24. The van der Waals surface area contributed by atoms with E-state index >= 15 is 0 Å². The molecule has 0 spiro atoms. The minimum Gasteiger partial charge on any atom is -0.495 e. The minimum absolute atomic E-state index is 0. The summed E-state index contributed by atoms with van der Waals surface area (Å²) in [6.07, 6.45) is 1.39. The molecule has 0 saturated heterocycles. The number of carboxylic acid groups (broad SMARTS) is 1. The fourth-order valence-corrected chi connectivity index (χ4v) is 2.17. The van der Waals surface area contributed by atoms with Gasteiger partial charge >= 0.3 is 5.97 Å². The number of para-hydroxylation sites is 2. The number of methoxy groups -OCH3 is 1. The SMILES string of the molecule is COc1ccccc1Nc1ncnc2cc(C(=O)O)ccc12.Cl. The summed E-state index contributed by atoms with van der Waals surface area (Å²) in [4.78, 5) is 19.4. The van der Waals surface area contributed by atoms with Crippen molar-refractivity contribution >= 4 is 40.8 Å². The molecular weight excluding hydrogens is 318 g/mol. The van der Waals surface area contributed by atoms with Crippen LogP contribution in [0.3, 0.4) is 0 Å². The van der Waals surface area contributed by atoms with Gasteiger partial charge in [0.25, 0.3) is 0 Å². The Balaban J connectivity index is 0.00000192. The molecule has 0 aliphatic carbocycles. The van der Waals surface area contributed by atoms with Crippen molar-refractivity contribution in [2.75, 3.05) is 12.4 Å². The standard InChI is InChI=1S/C16H13N3O3.ClH/c1-22-14-5-3-2-4-12(14)19-15-11-7-6-10(16(20)21)8-13(11)17-9-18-15;/h2-9H,1H3,(H,20,21)(H,17,18,19);1H. The first-order valence-corrected chi connectivity index (χ1v) is 6.57. The number of halogens is 1. The Morgan fingerprint density at radius 1 is 1.17 bits per heavy atom. The number of carboxylic acids is 1. The first-order chi connectivity index (χ1) is 10.7. The van der Waals surface area contributed by atoms with Crippen LogP contribution >= 0.6 is 12.4 Å². The van der Waals surface area contributed by atoms with Crippen LogP contribution in [0.5, 0.6) is 5.75 Å². The number of hydrogen-bond acceptors (Lipinski definition) is 5. The Morgan fingerprint density at radius 2 is 1.96 bits per heavy atom. The van der Waals surface area contributed by atoms with Crippen molar-refractivity contribution in [3.8, 4) is 5.75 Å². The summed E-state index contributed by atoms with van der Waals surface area (Å²) in [5.74, 6) is 0.294. The number of fused-ring (bicyclic) bond motifs is 1. The second-order valence-corrected chi connectivity index (χ2v) is 4.58. The van der Waals surface area contributed by atoms with Gasteiger partial charge in [-0.1, -0.05) is 12.1 Å². The van der Waals surface area contributed by atoms with Gasteiger partial charge in [-0.2, -0.15) is 0 Å². The molecule has 0 amide bonds. The third-order valence-electron chi connectivity index (χ3n) is 3.24. The lowest BCUT2D eigenvalue weighted by Gasteiger charge is -2.11. The zero-order valence-corrected chi connectivity index (χ0v) is 13.0. The Morgan fingerprint density at radius 3 is 2.70 bits per heavy atom. The van der Waals surface area contributed by atoms with E-state index in [1.807, 2.05) is 24.3 Å². The number of aromatic nitrogens is 2. The molecule has 0 unspecified atom stereocenters. The Hall–Kier alpha value is -2.86. The van der Waals surface area contributed by atoms with Crippen molar-refractivity contribution in [1.29, 1.82) is 0 Å². The molecule has 1 heterocycles. The molecule has 2 aromatic carbocycles. The molecule has 2 N–H and O–H groups in total. The summed E-state index contributed by atoms with van der Waals surface area (Å²) in [6.45, 7) is 0. The van der Waals surface area contributed by atoms with Crippen molar-refractivity contribution in [1.82, 2.24) is 9.97 Å². The number of benzene rings is 2. The number of aromatic carboxylic acids is 1. The van der Waals surface area contributed by atoms with Crippen LogP contribution in [0.25, 0.3) is 10.9 Å². The fourth-order valence-electron chi connectivity index (χ4n) is 2.17. The Labute approximate surface area is 138 Å². The van der Waals surface area contributed by atoms with Gasteiger partial charge in [-0.25, -0.2) is 14.8 Å². The topological polar surface area (TPSA) is 84.3 Å². The summed E-state index contributed by atoms with van der Waals surface area (Å²) in [5, 5.41) is 13.0. The maximum atomic E-state index is 11.0. The highest BCUT2D eigenvalue weighted by Crippen LogP contribution is 2.29. The fraction of sp³-hybridized carbons (Fsp3) is 0.0625. The van der Waals surface area contributed by atoms with Crippen LogP contribution in [0.1, 0.15) is 10.4 Å². The zero-order valence-electron chi connectivity index (χ0n) is 12.2. The highest BCUT2D eigenvalue weighted by atomic mass is 35.5. The molecule has 1 aromatic heterocycles. The van der Waals surface area contributed by atoms with Crippen LogP contribution in [0.4, 0.5) is 11.5 Å². The number of hydrogen-bond donors (Lipinski definition) is 2. The van der Waals surface area contributed by atoms with E-state index in [0.717, 1.165) is 11.1 Å². The van der Waals surface area contributed by atoms with Gasteiger partial charge in [0.15, 0.2) is 0 Å². The summed E-state index contributed by atoms with van der Waals surface area (Å²) in [6, 6.07) is 12.2. The van der Waals surface area contributed by atoms with Gasteiger partial charge in [-0.3, -0.25) is 0 Å². The molecule has 3 rings (SSSR count). The first kappa shape index (κ1) is 16.5. The van der Waals surface area contributed by atoms with Crippen LogP contribution in [-0.4, -0.2) is 28.2 Å². The zero-order chi connectivity index (χ0) is 15.5. The molecular formula is C16H14ClN3O3. The second-order valence-electron chi connectivity index (χ2n) is 4.58. The molecule has 0 aliphatic heterocycles. The molecule has 23 heavy (non-hydrogen) atoms. The maximum Gasteiger partial charge on any atom is 0.335 e. The number of nitrogens with zero attached hydrogens (tertiary/aromatic N) is 2. The van der Waals surface area contributed by atoms with Crippen molar-refractivity contribution in [2.45, 2.75) is 0 Å². The van der Waals surface area contributed by atoms with E-state index in [2.05, 4.69) is 15.3 Å². The van der Waals surface area contributed by atoms with E-state index in [4.69, 9.17) is 9.84 Å². The van der Waals surface area contributed by atoms with Gasteiger partial charge in [0.1, 0.15) is 17.9 Å². The summed E-state index contributed by atoms with van der Waals surface area (Å²) in [5.41, 5.74) is 1.52. The monoisotopic (exact) mass is 331 g/mol. The lowest BCUT2D eigenvalue weighted by molar-refractivity contribution is 0.0697. The largest absolute Gasteiger partial charge is 0.495 e. The lowest BCUT2D eigenvalue weighted by Crippen LogP contribution is -2.00. The number of anilines is 2. The molecule has 7 heteroatoms. The summed E-state index contributed by atoms with van der Waals surface area (Å²) in [7, 11) is 1.59. The van der Waals surface area contributed by atoms with Crippen LogP contribution < -0.4 is 10.1 Å². The number of ether oxygens (including phenoxy) is 1. The maximum absolute atomic E-state index is 11.0. The molecule has 3 aromatic rings. The summed E-state index contributed by atoms with van der Waals surface area (Å²) < 4.78 is 5.30. The van der Waals surface area contributed by atoms with Crippen LogP contribution in [0.2, 0.25) is 0 Å². The number of rotatable bonds is 4. The molecule has 0 fully saturated rings. The van der Waals surface area contributed by atoms with Crippen LogP contribution in [0.15, 0.2) is 48.8 Å². The summed E-state index contributed by atoms with van der Waals surface area (Å²) >= 11 is 0. The third kappa shape index (κ3) is 3.32. The lowest BCUT2D eigenvalue weighted by atomic mass is 10.1. The van der Waals surface area contributed by atoms with Crippen LogP contribution in [0, 0.1) is 0 Å². The van der Waals surface area contributed by atoms with Crippen molar-refractivity contribution in [3.05, 3.63) is 54.4 Å². The van der Waals surface area contributed by atoms with Gasteiger partial charge in [-0.05, 0) is 30.3 Å². The molecule has 118 valence electrons. The molecule has 0 bridgehead atoms. The normalized spacial score (nSPS) is 9.96. The second kappa shape index (κ2) is 6.93. The quantitative estimate of drug-likeness (QED) is 0.761. The highest BCUT2D eigenvalue weighted by Gasteiger charge is 2.10. The Bertz CT molecular complexity index is 855. The minimum atomic E-state index is -0.986. The van der Waals surface area contributed by atoms with Crippen molar-refractivity contribution in [2.24, 2.45) is 0 Å². The number of nitrogens with one attached hydrogen (secondary N) is 1. The van der Waals surface area contributed by atoms with E-state index in [1.54, 1.807) is 13.2 Å². The van der Waals surface area contributed by atoms with Crippen molar-refractivity contribution in [3.63, 3.8) is 0 Å². The van der Waals surface area contributed by atoms with E-state index in [1.165, 1.54) is 18.5 Å². The van der Waals surface area contributed by atoms with Crippen LogP contribution in [-0.2, 0) is 0 Å². The van der Waals surface area contributed by atoms with Gasteiger partial charge < -0.3 is 15.2 Å². The molecule has 0 aliphatic rings. The van der Waals surface area contributed by atoms with Gasteiger partial charge in [-0.15, -0.1) is 12.4 Å². The van der Waals surface area contributed by atoms with E-state index in [9.17, 15) is 4.79 Å². The number of carbonyl (C=O) groups is 1. The van der Waals surface area contributed by atoms with E-state index < -0.39 is 5.97 Å². The predicted octanol–water partition coefficient (Wildman–Crippen LogP) is 3.50. The average molecular weight is 332 g/mol. The molecule has 0 radical (unpaired) electrons.